The minimum absolute atomic E-state index is 0.736. The first-order valence-electron chi connectivity index (χ1n) is 7.35. The number of nitrogens with zero attached hydrogens (tertiary/aromatic N) is 1. The molecule has 1 atom stereocenters. The van der Waals surface area contributed by atoms with Gasteiger partial charge in [-0.15, -0.1) is 0 Å². The van der Waals surface area contributed by atoms with Crippen molar-refractivity contribution in [1.82, 2.24) is 4.57 Å². The molecule has 1 aromatic carbocycles. The van der Waals surface area contributed by atoms with Crippen LogP contribution >= 0.6 is 0 Å². The lowest BCUT2D eigenvalue weighted by Gasteiger charge is -2.27. The second-order valence-electron chi connectivity index (χ2n) is 5.74. The van der Waals surface area contributed by atoms with Crippen LogP contribution in [0.15, 0.2) is 18.2 Å². The van der Waals surface area contributed by atoms with Crippen LogP contribution in [0.1, 0.15) is 42.6 Å². The minimum Gasteiger partial charge on any atom is -0.337 e. The van der Waals surface area contributed by atoms with E-state index in [-0.39, 0.29) is 0 Å². The van der Waals surface area contributed by atoms with Crippen LogP contribution in [0.4, 0.5) is 0 Å². The van der Waals surface area contributed by atoms with Crippen molar-refractivity contribution in [3.8, 4) is 0 Å². The second kappa shape index (κ2) is 3.86. The fraction of sp³-hybridized carbons (Fsp3) is 0.500. The summed E-state index contributed by atoms with van der Waals surface area (Å²) in [6.07, 6.45) is 5.16. The monoisotopic (exact) mass is 241 g/mol. The van der Waals surface area contributed by atoms with Gasteiger partial charge < -0.3 is 9.88 Å². The Morgan fingerprint density at radius 1 is 1.39 bits per heavy atom. The number of rotatable bonds is 1. The summed E-state index contributed by atoms with van der Waals surface area (Å²) in [7, 11) is 0. The normalized spacial score (nSPS) is 22.2. The van der Waals surface area contributed by atoms with E-state index < -0.39 is 0 Å². The maximum Gasteiger partial charge on any atom is 0.127 e. The molecule has 0 spiro atoms. The first-order chi connectivity index (χ1) is 8.88. The van der Waals surface area contributed by atoms with Crippen LogP contribution in [-0.2, 0) is 19.4 Å². The number of hydrogen-bond donors (Lipinski definition) is 1. The van der Waals surface area contributed by atoms with Gasteiger partial charge in [0.15, 0.2) is 0 Å². The van der Waals surface area contributed by atoms with Crippen molar-refractivity contribution in [3.05, 3.63) is 35.0 Å². The molecule has 4 rings (SSSR count). The molecule has 2 nitrogen and oxygen atoms in total. The third-order valence-electron chi connectivity index (χ3n) is 4.78. The second-order valence-corrected chi connectivity index (χ2v) is 5.74. The van der Waals surface area contributed by atoms with Crippen LogP contribution in [0.2, 0.25) is 0 Å². The lowest BCUT2D eigenvalue weighted by Crippen LogP contribution is -2.88. The molecule has 1 aliphatic heterocycles. The van der Waals surface area contributed by atoms with E-state index in [9.17, 15) is 0 Å². The Morgan fingerprint density at radius 3 is 3.22 bits per heavy atom. The maximum absolute atomic E-state index is 2.61. The Kier molecular flexibility index (Phi) is 2.28. The van der Waals surface area contributed by atoms with E-state index in [0.29, 0.717) is 0 Å². The quantitative estimate of drug-likeness (QED) is 0.790. The summed E-state index contributed by atoms with van der Waals surface area (Å²) in [5.41, 5.74) is 6.27. The molecule has 2 aromatic rings. The third kappa shape index (κ3) is 1.33. The number of fused-ring (bicyclic) bond motifs is 3. The van der Waals surface area contributed by atoms with Gasteiger partial charge in [0.2, 0.25) is 0 Å². The lowest BCUT2D eigenvalue weighted by molar-refractivity contribution is -0.704. The minimum atomic E-state index is 0.736. The molecule has 2 N–H and O–H groups in total. The highest BCUT2D eigenvalue weighted by atomic mass is 15.1. The Bertz CT molecular complexity index is 607. The summed E-state index contributed by atoms with van der Waals surface area (Å²) in [5.74, 6) is 0. The smallest absolute Gasteiger partial charge is 0.127 e. The van der Waals surface area contributed by atoms with Crippen LogP contribution in [0, 0.1) is 0 Å². The zero-order chi connectivity index (χ0) is 12.1. The number of nitrogens with two attached hydrogens (primary N) is 1. The van der Waals surface area contributed by atoms with Crippen molar-refractivity contribution in [3.63, 3.8) is 0 Å². The van der Waals surface area contributed by atoms with Crippen LogP contribution in [0.3, 0.4) is 0 Å². The fourth-order valence-corrected chi connectivity index (χ4v) is 3.91. The highest BCUT2D eigenvalue weighted by Crippen LogP contribution is 2.37. The molecule has 0 fully saturated rings. The van der Waals surface area contributed by atoms with E-state index in [1.807, 2.05) is 0 Å². The molecule has 0 unspecified atom stereocenters. The third-order valence-corrected chi connectivity index (χ3v) is 4.78. The number of quaternary nitrogens is 1. The molecule has 0 saturated heterocycles. The van der Waals surface area contributed by atoms with Gasteiger partial charge in [-0.25, -0.2) is 0 Å². The summed E-state index contributed by atoms with van der Waals surface area (Å²) < 4.78 is 2.61. The highest BCUT2D eigenvalue weighted by molar-refractivity contribution is 5.86. The van der Waals surface area contributed by atoms with E-state index in [1.54, 1.807) is 16.6 Å². The first kappa shape index (κ1) is 10.6. The fourth-order valence-electron chi connectivity index (χ4n) is 3.91. The van der Waals surface area contributed by atoms with E-state index in [2.05, 4.69) is 35.0 Å². The van der Waals surface area contributed by atoms with Gasteiger partial charge in [0, 0.05) is 17.3 Å². The molecular formula is C16H21N2+. The molecule has 1 aliphatic carbocycles. The predicted molar refractivity (Wildman–Crippen MR) is 73.8 cm³/mol. The molecule has 18 heavy (non-hydrogen) atoms. The zero-order valence-electron chi connectivity index (χ0n) is 11.1. The Morgan fingerprint density at radius 2 is 2.33 bits per heavy atom. The summed E-state index contributed by atoms with van der Waals surface area (Å²) in [4.78, 5) is 0. The van der Waals surface area contributed by atoms with Crippen LogP contribution < -0.4 is 5.32 Å². The van der Waals surface area contributed by atoms with Crippen LogP contribution in [0.5, 0.6) is 0 Å². The molecule has 0 amide bonds. The van der Waals surface area contributed by atoms with Crippen molar-refractivity contribution in [1.29, 1.82) is 0 Å². The highest BCUT2D eigenvalue weighted by Gasteiger charge is 2.32. The topological polar surface area (TPSA) is 21.5 Å². The molecule has 2 aliphatic rings. The molecule has 2 heteroatoms. The molecule has 0 saturated carbocycles. The van der Waals surface area contributed by atoms with Crippen molar-refractivity contribution in [2.45, 2.75) is 45.2 Å². The van der Waals surface area contributed by atoms with Crippen molar-refractivity contribution in [2.75, 3.05) is 6.54 Å². The molecular weight excluding hydrogens is 220 g/mol. The molecule has 2 heterocycles. The van der Waals surface area contributed by atoms with E-state index in [4.69, 9.17) is 0 Å². The Hall–Kier alpha value is -1.28. The number of aromatic nitrogens is 1. The average Bonchev–Trinajstić information content (AvgIpc) is 2.76. The van der Waals surface area contributed by atoms with Gasteiger partial charge in [-0.3, -0.25) is 0 Å². The van der Waals surface area contributed by atoms with Crippen LogP contribution in [-0.4, -0.2) is 11.1 Å². The molecule has 94 valence electrons. The maximum atomic E-state index is 2.61. The predicted octanol–water partition coefficient (Wildman–Crippen LogP) is 2.16. The van der Waals surface area contributed by atoms with E-state index in [1.165, 1.54) is 43.4 Å². The van der Waals surface area contributed by atoms with Gasteiger partial charge in [-0.05, 0) is 42.5 Å². The largest absolute Gasteiger partial charge is 0.337 e. The zero-order valence-corrected chi connectivity index (χ0v) is 11.1. The number of aryl methyl sites for hydroxylation is 2. The molecule has 1 aromatic heterocycles. The summed E-state index contributed by atoms with van der Waals surface area (Å²) in [6, 6.07) is 7.85. The van der Waals surface area contributed by atoms with Gasteiger partial charge in [0.05, 0.1) is 18.8 Å². The van der Waals surface area contributed by atoms with Gasteiger partial charge in [0.1, 0.15) is 6.04 Å². The van der Waals surface area contributed by atoms with Gasteiger partial charge >= 0.3 is 0 Å². The summed E-state index contributed by atoms with van der Waals surface area (Å²) >= 11 is 0. The Balaban J connectivity index is 2.05. The average molecular weight is 241 g/mol. The van der Waals surface area contributed by atoms with E-state index in [0.717, 1.165) is 12.5 Å². The number of benzene rings is 1. The standard InChI is InChI=1S/C16H20N2/c1-2-11-6-7-15-13(10-11)12-4-3-5-14-16(12)18(15)9-8-17-14/h6-7,10,14,17H,2-5,8-9H2,1H3/p+1/t14-/m0/s1. The summed E-state index contributed by atoms with van der Waals surface area (Å²) in [6.45, 7) is 4.68. The van der Waals surface area contributed by atoms with Gasteiger partial charge in [-0.1, -0.05) is 13.0 Å². The van der Waals surface area contributed by atoms with Crippen molar-refractivity contribution < 1.29 is 5.32 Å². The van der Waals surface area contributed by atoms with Gasteiger partial charge in [0.25, 0.3) is 0 Å². The molecule has 0 bridgehead atoms. The Labute approximate surface area is 108 Å². The van der Waals surface area contributed by atoms with Crippen molar-refractivity contribution in [2.24, 2.45) is 0 Å². The van der Waals surface area contributed by atoms with Crippen LogP contribution in [0.25, 0.3) is 10.9 Å². The lowest BCUT2D eigenvalue weighted by atomic mass is 9.90. The SMILES string of the molecule is CCc1ccc2c(c1)c1c3n2CC[NH2+][C@H]3CCC1. The van der Waals surface area contributed by atoms with Gasteiger partial charge in [-0.2, -0.15) is 0 Å². The summed E-state index contributed by atoms with van der Waals surface area (Å²) in [5, 5.41) is 4.10. The van der Waals surface area contributed by atoms with E-state index >= 15 is 0 Å². The first-order valence-corrected chi connectivity index (χ1v) is 7.35. The molecule has 0 radical (unpaired) electrons. The van der Waals surface area contributed by atoms with Crippen molar-refractivity contribution >= 4 is 10.9 Å². The number of hydrogen-bond acceptors (Lipinski definition) is 0.